The second-order valence-corrected chi connectivity index (χ2v) is 8.00. The first-order valence-corrected chi connectivity index (χ1v) is 10.6. The van der Waals surface area contributed by atoms with E-state index in [-0.39, 0.29) is 30.7 Å². The van der Waals surface area contributed by atoms with Gasteiger partial charge < -0.3 is 9.47 Å². The molecule has 0 aliphatic carbocycles. The molecule has 4 aromatic rings. The average Bonchev–Trinajstić information content (AvgIpc) is 3.04. The van der Waals surface area contributed by atoms with E-state index in [1.165, 1.54) is 17.7 Å². The fourth-order valence-corrected chi connectivity index (χ4v) is 4.04. The van der Waals surface area contributed by atoms with Crippen LogP contribution in [0.2, 0.25) is 0 Å². The zero-order valence-electron chi connectivity index (χ0n) is 19.0. The molecule has 33 heavy (non-hydrogen) atoms. The van der Waals surface area contributed by atoms with Crippen LogP contribution in [0.4, 0.5) is 10.1 Å². The third kappa shape index (κ3) is 4.69. The number of aromatic nitrogens is 2. The van der Waals surface area contributed by atoms with Gasteiger partial charge in [0.05, 0.1) is 17.8 Å². The summed E-state index contributed by atoms with van der Waals surface area (Å²) < 4.78 is 15.8. The Morgan fingerprint density at radius 3 is 2.36 bits per heavy atom. The molecule has 0 fully saturated rings. The molecule has 0 saturated heterocycles. The molecule has 0 spiro atoms. The number of pyridine rings is 1. The zero-order chi connectivity index (χ0) is 22.8. The highest BCUT2D eigenvalue weighted by atomic mass is 35.5. The molecule has 2 aromatic carbocycles. The summed E-state index contributed by atoms with van der Waals surface area (Å²) in [5.74, 6) is -0.506. The summed E-state index contributed by atoms with van der Waals surface area (Å²) in [5.41, 5.74) is 6.37. The van der Waals surface area contributed by atoms with Crippen LogP contribution in [0.1, 0.15) is 32.9 Å². The molecule has 0 aliphatic rings. The first kappa shape index (κ1) is 24.2. The van der Waals surface area contributed by atoms with Gasteiger partial charge in [-0.3, -0.25) is 9.78 Å². The van der Waals surface area contributed by atoms with E-state index in [4.69, 9.17) is 0 Å². The molecule has 0 aliphatic heterocycles. The lowest BCUT2D eigenvalue weighted by Gasteiger charge is -2.23. The Balaban J connectivity index is 0.00000306. The third-order valence-electron chi connectivity index (χ3n) is 5.92. The van der Waals surface area contributed by atoms with Gasteiger partial charge in [-0.05, 0) is 68.8 Å². The Hall–Kier alpha value is -3.44. The lowest BCUT2D eigenvalue weighted by atomic mass is 10.1. The standard InChI is InChI=1S/C27H26FN3O.ClH/c1-5-16-30-20(4)19(3)24-14-15-29-25(26(24)30)17-31(23-12-10-22(28)11-13-23)27(32)21-8-6-18(2)7-9-21;/h5-15H,1,16-17H2,2-4H3;1H. The number of aryl methyl sites for hydroxylation is 2. The van der Waals surface area contributed by atoms with Gasteiger partial charge in [-0.15, -0.1) is 19.0 Å². The minimum atomic E-state index is -0.345. The van der Waals surface area contributed by atoms with Crippen LogP contribution in [0.3, 0.4) is 0 Å². The summed E-state index contributed by atoms with van der Waals surface area (Å²) >= 11 is 0. The molecule has 0 unspecified atom stereocenters. The van der Waals surface area contributed by atoms with Crippen molar-refractivity contribution in [3.05, 3.63) is 107 Å². The molecule has 170 valence electrons. The summed E-state index contributed by atoms with van der Waals surface area (Å²) in [6.07, 6.45) is 3.64. The molecule has 0 atom stereocenters. The smallest absolute Gasteiger partial charge is 0.258 e. The predicted molar refractivity (Wildman–Crippen MR) is 135 cm³/mol. The highest BCUT2D eigenvalue weighted by Crippen LogP contribution is 2.29. The number of rotatable bonds is 6. The Kier molecular flexibility index (Phi) is 7.34. The first-order valence-electron chi connectivity index (χ1n) is 10.6. The number of hydrogen-bond acceptors (Lipinski definition) is 2. The third-order valence-corrected chi connectivity index (χ3v) is 5.92. The number of benzene rings is 2. The summed E-state index contributed by atoms with van der Waals surface area (Å²) in [7, 11) is 0. The van der Waals surface area contributed by atoms with Gasteiger partial charge in [-0.25, -0.2) is 4.39 Å². The van der Waals surface area contributed by atoms with E-state index >= 15 is 0 Å². The van der Waals surface area contributed by atoms with Crippen LogP contribution in [-0.4, -0.2) is 15.5 Å². The number of halogens is 2. The Morgan fingerprint density at radius 1 is 1.06 bits per heavy atom. The van der Waals surface area contributed by atoms with E-state index < -0.39 is 0 Å². The van der Waals surface area contributed by atoms with Crippen molar-refractivity contribution in [1.82, 2.24) is 9.55 Å². The van der Waals surface area contributed by atoms with Crippen LogP contribution in [0, 0.1) is 26.6 Å². The average molecular weight is 464 g/mol. The van der Waals surface area contributed by atoms with Gasteiger partial charge >= 0.3 is 0 Å². The Morgan fingerprint density at radius 2 is 1.73 bits per heavy atom. The van der Waals surface area contributed by atoms with Gasteiger partial charge in [-0.2, -0.15) is 0 Å². The molecule has 6 heteroatoms. The fraction of sp³-hybridized carbons (Fsp3) is 0.185. The van der Waals surface area contributed by atoms with E-state index in [2.05, 4.69) is 30.0 Å². The summed E-state index contributed by atoms with van der Waals surface area (Å²) in [6, 6.07) is 15.5. The van der Waals surface area contributed by atoms with Gasteiger partial charge in [-0.1, -0.05) is 23.8 Å². The SMILES string of the molecule is C=CCn1c(C)c(C)c2ccnc(CN(C(=O)c3ccc(C)cc3)c3ccc(F)cc3)c21.Cl. The molecule has 0 N–H and O–H groups in total. The monoisotopic (exact) mass is 463 g/mol. The lowest BCUT2D eigenvalue weighted by Crippen LogP contribution is -2.31. The first-order chi connectivity index (χ1) is 15.4. The topological polar surface area (TPSA) is 38.1 Å². The Bertz CT molecular complexity index is 1290. The van der Waals surface area contributed by atoms with Crippen LogP contribution in [-0.2, 0) is 13.1 Å². The van der Waals surface area contributed by atoms with Crippen molar-refractivity contribution in [3.63, 3.8) is 0 Å². The second-order valence-electron chi connectivity index (χ2n) is 8.00. The lowest BCUT2D eigenvalue weighted by molar-refractivity contribution is 0.0985. The van der Waals surface area contributed by atoms with Crippen LogP contribution in [0.25, 0.3) is 10.9 Å². The largest absolute Gasteiger partial charge is 0.339 e. The highest BCUT2D eigenvalue weighted by molar-refractivity contribution is 6.06. The van der Waals surface area contributed by atoms with Gasteiger partial charge in [0.2, 0.25) is 0 Å². The van der Waals surface area contributed by atoms with Crippen molar-refractivity contribution in [2.75, 3.05) is 4.90 Å². The normalized spacial score (nSPS) is 10.7. The van der Waals surface area contributed by atoms with E-state index in [0.717, 1.165) is 27.9 Å². The van der Waals surface area contributed by atoms with Crippen LogP contribution in [0.15, 0.2) is 73.4 Å². The summed E-state index contributed by atoms with van der Waals surface area (Å²) in [5, 5.41) is 1.11. The summed E-state index contributed by atoms with van der Waals surface area (Å²) in [6.45, 7) is 11.0. The van der Waals surface area contributed by atoms with Gasteiger partial charge in [0.15, 0.2) is 0 Å². The summed E-state index contributed by atoms with van der Waals surface area (Å²) in [4.78, 5) is 19.9. The molecule has 0 saturated carbocycles. The van der Waals surface area contributed by atoms with E-state index in [9.17, 15) is 9.18 Å². The van der Waals surface area contributed by atoms with Gasteiger partial charge in [0.1, 0.15) is 5.82 Å². The number of hydrogen-bond donors (Lipinski definition) is 0. The predicted octanol–water partition coefficient (Wildman–Crippen LogP) is 6.56. The minimum absolute atomic E-state index is 0. The molecule has 0 bridgehead atoms. The quantitative estimate of drug-likeness (QED) is 0.304. The van der Waals surface area contributed by atoms with Crippen molar-refractivity contribution in [2.24, 2.45) is 0 Å². The van der Waals surface area contributed by atoms with E-state index in [1.54, 1.807) is 23.2 Å². The van der Waals surface area contributed by atoms with Crippen molar-refractivity contribution in [1.29, 1.82) is 0 Å². The number of carbonyl (C=O) groups excluding carboxylic acids is 1. The van der Waals surface area contributed by atoms with Crippen LogP contribution >= 0.6 is 12.4 Å². The number of anilines is 1. The van der Waals surface area contributed by atoms with Crippen molar-refractivity contribution in [2.45, 2.75) is 33.9 Å². The van der Waals surface area contributed by atoms with E-state index in [1.807, 2.05) is 43.3 Å². The molecule has 2 aromatic heterocycles. The molecular weight excluding hydrogens is 437 g/mol. The maximum atomic E-state index is 13.6. The number of allylic oxidation sites excluding steroid dienone is 1. The van der Waals surface area contributed by atoms with Crippen LogP contribution < -0.4 is 4.90 Å². The molecule has 0 radical (unpaired) electrons. The number of fused-ring (bicyclic) bond motifs is 1. The Labute approximate surface area is 199 Å². The number of nitrogens with zero attached hydrogens (tertiary/aromatic N) is 3. The van der Waals surface area contributed by atoms with Crippen molar-refractivity contribution >= 4 is 34.9 Å². The maximum Gasteiger partial charge on any atom is 0.258 e. The molecule has 4 rings (SSSR count). The molecule has 4 nitrogen and oxygen atoms in total. The van der Waals surface area contributed by atoms with E-state index in [0.29, 0.717) is 17.8 Å². The fourth-order valence-electron chi connectivity index (χ4n) is 4.04. The zero-order valence-corrected chi connectivity index (χ0v) is 19.8. The van der Waals surface area contributed by atoms with Crippen molar-refractivity contribution < 1.29 is 9.18 Å². The van der Waals surface area contributed by atoms with Gasteiger partial charge in [0.25, 0.3) is 5.91 Å². The number of carbonyl (C=O) groups is 1. The highest BCUT2D eigenvalue weighted by Gasteiger charge is 2.22. The minimum Gasteiger partial charge on any atom is -0.339 e. The second kappa shape index (κ2) is 10.0. The number of amides is 1. The van der Waals surface area contributed by atoms with Crippen LogP contribution in [0.5, 0.6) is 0 Å². The van der Waals surface area contributed by atoms with Crippen molar-refractivity contribution in [3.8, 4) is 0 Å². The molecular formula is C27H27ClFN3O. The molecule has 1 amide bonds. The van der Waals surface area contributed by atoms with Gasteiger partial charge in [0, 0.05) is 35.1 Å². The maximum absolute atomic E-state index is 13.6. The molecule has 2 heterocycles.